The van der Waals surface area contributed by atoms with Crippen molar-refractivity contribution in [3.8, 4) is 5.75 Å². The SMILES string of the molecule is O=C(O)N1CCN(c2ccc(OC3CCN(C4CCC4)CC3)cc2)CC1. The van der Waals surface area contributed by atoms with Crippen LogP contribution in [-0.4, -0.2) is 72.4 Å². The van der Waals surface area contributed by atoms with Gasteiger partial charge in [-0.25, -0.2) is 4.79 Å². The number of anilines is 1. The Balaban J connectivity index is 1.25. The van der Waals surface area contributed by atoms with Crippen LogP contribution < -0.4 is 9.64 Å². The smallest absolute Gasteiger partial charge is 0.407 e. The molecule has 26 heavy (non-hydrogen) atoms. The average Bonchev–Trinajstić information content (AvgIpc) is 2.63. The molecule has 2 saturated heterocycles. The summed E-state index contributed by atoms with van der Waals surface area (Å²) >= 11 is 0. The lowest BCUT2D eigenvalue weighted by Crippen LogP contribution is -2.48. The van der Waals surface area contributed by atoms with Gasteiger partial charge in [-0.1, -0.05) is 6.42 Å². The zero-order valence-corrected chi connectivity index (χ0v) is 15.3. The molecule has 0 aromatic heterocycles. The first kappa shape index (κ1) is 17.5. The third-order valence-electron chi connectivity index (χ3n) is 6.12. The number of piperidine rings is 1. The molecule has 1 saturated carbocycles. The van der Waals surface area contributed by atoms with Crippen molar-refractivity contribution in [1.29, 1.82) is 0 Å². The number of piperazine rings is 1. The fourth-order valence-electron chi connectivity index (χ4n) is 4.19. The van der Waals surface area contributed by atoms with Gasteiger partial charge in [0.15, 0.2) is 0 Å². The molecule has 3 fully saturated rings. The summed E-state index contributed by atoms with van der Waals surface area (Å²) in [5, 5.41) is 9.04. The van der Waals surface area contributed by atoms with E-state index in [1.807, 2.05) is 0 Å². The number of nitrogens with zero attached hydrogens (tertiary/aromatic N) is 3. The first-order valence-electron chi connectivity index (χ1n) is 9.92. The molecule has 0 spiro atoms. The monoisotopic (exact) mass is 359 g/mol. The van der Waals surface area contributed by atoms with Crippen molar-refractivity contribution >= 4 is 11.8 Å². The molecule has 0 atom stereocenters. The molecule has 4 rings (SSSR count). The number of hydrogen-bond acceptors (Lipinski definition) is 4. The Hall–Kier alpha value is -1.95. The lowest BCUT2D eigenvalue weighted by Gasteiger charge is -2.41. The average molecular weight is 359 g/mol. The van der Waals surface area contributed by atoms with Crippen molar-refractivity contribution in [2.24, 2.45) is 0 Å². The van der Waals surface area contributed by atoms with Crippen molar-refractivity contribution in [3.05, 3.63) is 24.3 Å². The predicted molar refractivity (Wildman–Crippen MR) is 101 cm³/mol. The highest BCUT2D eigenvalue weighted by molar-refractivity contribution is 5.65. The minimum absolute atomic E-state index is 0.330. The normalized spacial score (nSPS) is 22.9. The van der Waals surface area contributed by atoms with Gasteiger partial charge in [-0.15, -0.1) is 0 Å². The van der Waals surface area contributed by atoms with E-state index in [-0.39, 0.29) is 0 Å². The molecule has 1 aromatic rings. The maximum absolute atomic E-state index is 11.0. The lowest BCUT2D eigenvalue weighted by atomic mass is 9.90. The van der Waals surface area contributed by atoms with E-state index in [2.05, 4.69) is 34.1 Å². The molecule has 1 aromatic carbocycles. The number of hydrogen-bond donors (Lipinski definition) is 1. The number of ether oxygens (including phenoxy) is 1. The number of rotatable bonds is 4. The Bertz CT molecular complexity index is 601. The summed E-state index contributed by atoms with van der Waals surface area (Å²) in [5.41, 5.74) is 1.14. The van der Waals surface area contributed by atoms with E-state index in [0.29, 0.717) is 19.2 Å². The number of benzene rings is 1. The molecular weight excluding hydrogens is 330 g/mol. The van der Waals surface area contributed by atoms with Crippen LogP contribution in [0.1, 0.15) is 32.1 Å². The first-order valence-corrected chi connectivity index (χ1v) is 9.92. The van der Waals surface area contributed by atoms with Crippen LogP contribution in [0.2, 0.25) is 0 Å². The van der Waals surface area contributed by atoms with Gasteiger partial charge in [0.1, 0.15) is 11.9 Å². The van der Waals surface area contributed by atoms with Crippen LogP contribution >= 0.6 is 0 Å². The van der Waals surface area contributed by atoms with E-state index >= 15 is 0 Å². The minimum Gasteiger partial charge on any atom is -0.490 e. The third-order valence-corrected chi connectivity index (χ3v) is 6.12. The summed E-state index contributed by atoms with van der Waals surface area (Å²) in [4.78, 5) is 17.4. The van der Waals surface area contributed by atoms with Crippen LogP contribution in [0.4, 0.5) is 10.5 Å². The molecule has 0 radical (unpaired) electrons. The molecule has 3 aliphatic rings. The number of likely N-dealkylation sites (tertiary alicyclic amines) is 1. The molecule has 6 nitrogen and oxygen atoms in total. The van der Waals surface area contributed by atoms with Crippen LogP contribution in [0.25, 0.3) is 0 Å². The summed E-state index contributed by atoms with van der Waals surface area (Å²) in [6, 6.07) is 9.13. The van der Waals surface area contributed by atoms with E-state index in [1.165, 1.54) is 37.3 Å². The predicted octanol–water partition coefficient (Wildman–Crippen LogP) is 2.88. The molecule has 1 amide bonds. The fraction of sp³-hybridized carbons (Fsp3) is 0.650. The second-order valence-electron chi connectivity index (χ2n) is 7.69. The summed E-state index contributed by atoms with van der Waals surface area (Å²) in [6.45, 7) is 4.95. The molecule has 2 aliphatic heterocycles. The summed E-state index contributed by atoms with van der Waals surface area (Å²) in [5.74, 6) is 0.944. The summed E-state index contributed by atoms with van der Waals surface area (Å²) < 4.78 is 6.19. The van der Waals surface area contributed by atoms with Gasteiger partial charge in [0, 0.05) is 51.0 Å². The number of carboxylic acid groups (broad SMARTS) is 1. The van der Waals surface area contributed by atoms with Crippen LogP contribution in [0, 0.1) is 0 Å². The van der Waals surface area contributed by atoms with Crippen molar-refractivity contribution in [2.45, 2.75) is 44.2 Å². The Kier molecular flexibility index (Phi) is 5.20. The Morgan fingerprint density at radius 1 is 0.923 bits per heavy atom. The number of carbonyl (C=O) groups is 1. The van der Waals surface area contributed by atoms with Crippen molar-refractivity contribution < 1.29 is 14.6 Å². The second kappa shape index (κ2) is 7.74. The van der Waals surface area contributed by atoms with Gasteiger partial charge >= 0.3 is 6.09 Å². The highest BCUT2D eigenvalue weighted by atomic mass is 16.5. The zero-order chi connectivity index (χ0) is 17.9. The highest BCUT2D eigenvalue weighted by Gasteiger charge is 2.29. The van der Waals surface area contributed by atoms with E-state index in [1.54, 1.807) is 0 Å². The third kappa shape index (κ3) is 3.90. The summed E-state index contributed by atoms with van der Waals surface area (Å²) in [7, 11) is 0. The van der Waals surface area contributed by atoms with Crippen LogP contribution in [-0.2, 0) is 0 Å². The van der Waals surface area contributed by atoms with Gasteiger partial charge in [0.2, 0.25) is 0 Å². The van der Waals surface area contributed by atoms with Gasteiger partial charge in [0.05, 0.1) is 0 Å². The minimum atomic E-state index is -0.822. The standard InChI is InChI=1S/C20H29N3O3/c24-20(25)23-14-12-22(13-15-23)17-4-6-18(7-5-17)26-19-8-10-21(11-9-19)16-2-1-3-16/h4-7,16,19H,1-3,8-15H2,(H,24,25). The lowest BCUT2D eigenvalue weighted by molar-refractivity contribution is 0.0493. The van der Waals surface area contributed by atoms with E-state index in [0.717, 1.165) is 43.4 Å². The van der Waals surface area contributed by atoms with Gasteiger partial charge in [0.25, 0.3) is 0 Å². The zero-order valence-electron chi connectivity index (χ0n) is 15.3. The van der Waals surface area contributed by atoms with Gasteiger partial charge in [-0.3, -0.25) is 0 Å². The van der Waals surface area contributed by atoms with Crippen LogP contribution in [0.5, 0.6) is 5.75 Å². The Morgan fingerprint density at radius 2 is 1.58 bits per heavy atom. The Labute approximate surface area is 155 Å². The second-order valence-corrected chi connectivity index (χ2v) is 7.69. The van der Waals surface area contributed by atoms with Crippen LogP contribution in [0.15, 0.2) is 24.3 Å². The molecule has 2 heterocycles. The maximum atomic E-state index is 11.0. The molecule has 142 valence electrons. The number of amides is 1. The summed E-state index contributed by atoms with van der Waals surface area (Å²) in [6.07, 6.45) is 5.92. The highest BCUT2D eigenvalue weighted by Crippen LogP contribution is 2.29. The van der Waals surface area contributed by atoms with E-state index in [9.17, 15) is 4.79 Å². The van der Waals surface area contributed by atoms with Gasteiger partial charge in [-0.2, -0.15) is 0 Å². The van der Waals surface area contributed by atoms with Crippen molar-refractivity contribution in [1.82, 2.24) is 9.80 Å². The maximum Gasteiger partial charge on any atom is 0.407 e. The largest absolute Gasteiger partial charge is 0.490 e. The van der Waals surface area contributed by atoms with Crippen molar-refractivity contribution in [2.75, 3.05) is 44.2 Å². The molecule has 6 heteroatoms. The van der Waals surface area contributed by atoms with Gasteiger partial charge < -0.3 is 24.5 Å². The quantitative estimate of drug-likeness (QED) is 0.896. The van der Waals surface area contributed by atoms with Crippen LogP contribution in [0.3, 0.4) is 0 Å². The van der Waals surface area contributed by atoms with E-state index in [4.69, 9.17) is 9.84 Å². The topological polar surface area (TPSA) is 56.3 Å². The Morgan fingerprint density at radius 3 is 2.12 bits per heavy atom. The fourth-order valence-corrected chi connectivity index (χ4v) is 4.19. The van der Waals surface area contributed by atoms with Gasteiger partial charge in [-0.05, 0) is 49.9 Å². The molecule has 1 N–H and O–H groups in total. The first-order chi connectivity index (χ1) is 12.7. The molecule has 0 unspecified atom stereocenters. The van der Waals surface area contributed by atoms with Crippen molar-refractivity contribution in [3.63, 3.8) is 0 Å². The molecule has 1 aliphatic carbocycles. The van der Waals surface area contributed by atoms with E-state index < -0.39 is 6.09 Å². The molecular formula is C20H29N3O3. The molecule has 0 bridgehead atoms.